The fourth-order valence-corrected chi connectivity index (χ4v) is 3.79. The predicted molar refractivity (Wildman–Crippen MR) is 99.4 cm³/mol. The summed E-state index contributed by atoms with van der Waals surface area (Å²) in [5.41, 5.74) is 2.65. The SMILES string of the molecule is CSc1ccc([C@@H]2c3c(oc4ccc(C)cc4c3=O)C(=O)N2C)cc1. The smallest absolute Gasteiger partial charge is 0.290 e. The van der Waals surface area contributed by atoms with Gasteiger partial charge in [0.25, 0.3) is 5.91 Å². The molecule has 0 unspecified atom stereocenters. The Balaban J connectivity index is 1.98. The van der Waals surface area contributed by atoms with Gasteiger partial charge in [-0.05, 0) is 43.0 Å². The Labute approximate surface area is 149 Å². The van der Waals surface area contributed by atoms with Gasteiger partial charge in [0.2, 0.25) is 5.76 Å². The highest BCUT2D eigenvalue weighted by atomic mass is 32.2. The molecule has 1 aliphatic heterocycles. The van der Waals surface area contributed by atoms with Crippen LogP contribution >= 0.6 is 11.8 Å². The summed E-state index contributed by atoms with van der Waals surface area (Å²) in [6, 6.07) is 13.0. The van der Waals surface area contributed by atoms with Crippen molar-refractivity contribution in [3.8, 4) is 0 Å². The van der Waals surface area contributed by atoms with E-state index in [1.807, 2.05) is 49.6 Å². The van der Waals surface area contributed by atoms with E-state index in [-0.39, 0.29) is 17.1 Å². The van der Waals surface area contributed by atoms with Crippen LogP contribution in [-0.2, 0) is 0 Å². The molecule has 0 radical (unpaired) electrons. The Bertz CT molecular complexity index is 1050. The van der Waals surface area contributed by atoms with E-state index in [9.17, 15) is 9.59 Å². The topological polar surface area (TPSA) is 50.5 Å². The molecule has 0 spiro atoms. The molecule has 5 heteroatoms. The average molecular weight is 351 g/mol. The van der Waals surface area contributed by atoms with Gasteiger partial charge in [-0.2, -0.15) is 0 Å². The van der Waals surface area contributed by atoms with E-state index in [1.165, 1.54) is 0 Å². The van der Waals surface area contributed by atoms with Crippen LogP contribution < -0.4 is 5.43 Å². The van der Waals surface area contributed by atoms with Crippen molar-refractivity contribution in [2.75, 3.05) is 13.3 Å². The van der Waals surface area contributed by atoms with E-state index in [1.54, 1.807) is 29.8 Å². The maximum Gasteiger partial charge on any atom is 0.290 e. The molecule has 126 valence electrons. The van der Waals surface area contributed by atoms with Crippen LogP contribution in [0.15, 0.2) is 56.6 Å². The largest absolute Gasteiger partial charge is 0.450 e. The van der Waals surface area contributed by atoms with Gasteiger partial charge in [0.1, 0.15) is 5.58 Å². The minimum Gasteiger partial charge on any atom is -0.450 e. The van der Waals surface area contributed by atoms with Crippen molar-refractivity contribution >= 4 is 28.6 Å². The first-order chi connectivity index (χ1) is 12.0. The highest BCUT2D eigenvalue weighted by Crippen LogP contribution is 2.37. The van der Waals surface area contributed by atoms with Crippen LogP contribution in [0, 0.1) is 6.92 Å². The minimum atomic E-state index is -0.417. The lowest BCUT2D eigenvalue weighted by atomic mass is 9.98. The van der Waals surface area contributed by atoms with Gasteiger partial charge in [-0.3, -0.25) is 9.59 Å². The lowest BCUT2D eigenvalue weighted by Gasteiger charge is -2.20. The molecule has 0 aliphatic carbocycles. The number of aryl methyl sites for hydroxylation is 1. The molecule has 0 fully saturated rings. The van der Waals surface area contributed by atoms with Gasteiger partial charge < -0.3 is 9.32 Å². The Hall–Kier alpha value is -2.53. The van der Waals surface area contributed by atoms with Crippen LogP contribution in [0.5, 0.6) is 0 Å². The number of amides is 1. The number of fused-ring (bicyclic) bond motifs is 2. The number of hydrogen-bond donors (Lipinski definition) is 0. The molecule has 1 aromatic heterocycles. The van der Waals surface area contributed by atoms with Crippen molar-refractivity contribution in [1.82, 2.24) is 4.90 Å². The molecule has 2 heterocycles. The molecule has 3 aromatic rings. The van der Waals surface area contributed by atoms with E-state index in [4.69, 9.17) is 4.42 Å². The fraction of sp³-hybridized carbons (Fsp3) is 0.200. The van der Waals surface area contributed by atoms with Gasteiger partial charge in [0, 0.05) is 11.9 Å². The van der Waals surface area contributed by atoms with Crippen LogP contribution in [0.25, 0.3) is 11.0 Å². The van der Waals surface area contributed by atoms with E-state index in [0.29, 0.717) is 16.5 Å². The fourth-order valence-electron chi connectivity index (χ4n) is 3.38. The number of nitrogens with zero attached hydrogens (tertiary/aromatic N) is 1. The Morgan fingerprint density at radius 1 is 1.08 bits per heavy atom. The second-order valence-electron chi connectivity index (χ2n) is 6.27. The summed E-state index contributed by atoms with van der Waals surface area (Å²) in [6.45, 7) is 1.93. The summed E-state index contributed by atoms with van der Waals surface area (Å²) >= 11 is 1.65. The third kappa shape index (κ3) is 2.38. The normalized spacial score (nSPS) is 16.5. The maximum atomic E-state index is 13.1. The summed E-state index contributed by atoms with van der Waals surface area (Å²) in [5.74, 6) is -0.101. The first-order valence-corrected chi connectivity index (χ1v) is 9.22. The zero-order valence-electron chi connectivity index (χ0n) is 14.2. The van der Waals surface area contributed by atoms with Crippen LogP contribution in [-0.4, -0.2) is 24.1 Å². The highest BCUT2D eigenvalue weighted by Gasteiger charge is 2.40. The molecule has 4 nitrogen and oxygen atoms in total. The number of benzene rings is 2. The zero-order chi connectivity index (χ0) is 17.7. The zero-order valence-corrected chi connectivity index (χ0v) is 15.0. The van der Waals surface area contributed by atoms with E-state index >= 15 is 0 Å². The molecule has 0 N–H and O–H groups in total. The summed E-state index contributed by atoms with van der Waals surface area (Å²) in [4.78, 5) is 28.5. The molecule has 4 rings (SSSR count). The lowest BCUT2D eigenvalue weighted by Crippen LogP contribution is -2.25. The van der Waals surface area contributed by atoms with Crippen LogP contribution in [0.4, 0.5) is 0 Å². The second kappa shape index (κ2) is 5.77. The van der Waals surface area contributed by atoms with Crippen molar-refractivity contribution in [3.05, 3.63) is 75.1 Å². The average Bonchev–Trinajstić information content (AvgIpc) is 2.88. The quantitative estimate of drug-likeness (QED) is 0.655. The van der Waals surface area contributed by atoms with Gasteiger partial charge in [-0.1, -0.05) is 23.8 Å². The summed E-state index contributed by atoms with van der Waals surface area (Å²) in [7, 11) is 1.71. The molecule has 0 saturated heterocycles. The number of thioether (sulfide) groups is 1. The minimum absolute atomic E-state index is 0.128. The third-order valence-electron chi connectivity index (χ3n) is 4.69. The molecular weight excluding hydrogens is 334 g/mol. The first kappa shape index (κ1) is 16.0. The Morgan fingerprint density at radius 3 is 2.48 bits per heavy atom. The first-order valence-electron chi connectivity index (χ1n) is 7.99. The van der Waals surface area contributed by atoms with E-state index < -0.39 is 6.04 Å². The van der Waals surface area contributed by atoms with Gasteiger partial charge in [0.05, 0.1) is 17.0 Å². The van der Waals surface area contributed by atoms with Crippen molar-refractivity contribution in [3.63, 3.8) is 0 Å². The van der Waals surface area contributed by atoms with E-state index in [0.717, 1.165) is 16.0 Å². The lowest BCUT2D eigenvalue weighted by molar-refractivity contribution is 0.0771. The molecule has 0 bridgehead atoms. The molecule has 25 heavy (non-hydrogen) atoms. The van der Waals surface area contributed by atoms with Gasteiger partial charge >= 0.3 is 0 Å². The standard InChI is InChI=1S/C20H17NO3S/c1-11-4-9-15-14(10-11)18(22)16-17(21(2)20(23)19(16)24-15)12-5-7-13(25-3)8-6-12/h4-10,17H,1-3H3/t17-/m1/s1. The Morgan fingerprint density at radius 2 is 1.80 bits per heavy atom. The number of hydrogen-bond acceptors (Lipinski definition) is 4. The molecule has 1 amide bonds. The number of carbonyl (C=O) groups excluding carboxylic acids is 1. The van der Waals surface area contributed by atoms with Gasteiger partial charge in [-0.15, -0.1) is 11.8 Å². The Kier molecular flexibility index (Phi) is 3.69. The molecular formula is C20H17NO3S. The monoisotopic (exact) mass is 351 g/mol. The number of carbonyl (C=O) groups is 1. The van der Waals surface area contributed by atoms with Gasteiger partial charge in [-0.25, -0.2) is 0 Å². The third-order valence-corrected chi connectivity index (χ3v) is 5.43. The molecule has 1 aliphatic rings. The van der Waals surface area contributed by atoms with Crippen molar-refractivity contribution in [1.29, 1.82) is 0 Å². The highest BCUT2D eigenvalue weighted by molar-refractivity contribution is 7.98. The van der Waals surface area contributed by atoms with Crippen molar-refractivity contribution in [2.45, 2.75) is 17.9 Å². The van der Waals surface area contributed by atoms with Crippen molar-refractivity contribution in [2.24, 2.45) is 0 Å². The molecule has 2 aromatic carbocycles. The predicted octanol–water partition coefficient (Wildman–Crippen LogP) is 4.00. The summed E-state index contributed by atoms with van der Waals surface area (Å²) in [5, 5.41) is 0.521. The van der Waals surface area contributed by atoms with Crippen LogP contribution in [0.3, 0.4) is 0 Å². The summed E-state index contributed by atoms with van der Waals surface area (Å²) < 4.78 is 5.82. The van der Waals surface area contributed by atoms with Gasteiger partial charge in [0.15, 0.2) is 5.43 Å². The maximum absolute atomic E-state index is 13.1. The van der Waals surface area contributed by atoms with Crippen LogP contribution in [0.2, 0.25) is 0 Å². The molecule has 1 atom stereocenters. The van der Waals surface area contributed by atoms with Crippen LogP contribution in [0.1, 0.15) is 33.3 Å². The summed E-state index contributed by atoms with van der Waals surface area (Å²) in [6.07, 6.45) is 2.01. The van der Waals surface area contributed by atoms with Crippen molar-refractivity contribution < 1.29 is 9.21 Å². The second-order valence-corrected chi connectivity index (χ2v) is 7.15. The number of rotatable bonds is 2. The van der Waals surface area contributed by atoms with E-state index in [2.05, 4.69) is 0 Å². The molecule has 0 saturated carbocycles.